The minimum absolute atomic E-state index is 0.0180. The van der Waals surface area contributed by atoms with Gasteiger partial charge in [-0.1, -0.05) is 18.6 Å². The molecule has 0 aromatic heterocycles. The van der Waals surface area contributed by atoms with Gasteiger partial charge < -0.3 is 14.5 Å². The zero-order valence-corrected chi connectivity index (χ0v) is 18.8. The van der Waals surface area contributed by atoms with Gasteiger partial charge in [-0.3, -0.25) is 9.59 Å². The van der Waals surface area contributed by atoms with Crippen molar-refractivity contribution in [3.63, 3.8) is 0 Å². The normalized spacial score (nSPS) is 22.6. The first-order valence-electron chi connectivity index (χ1n) is 10.9. The Morgan fingerprint density at radius 1 is 1.21 bits per heavy atom. The first kappa shape index (κ1) is 22.1. The minimum atomic E-state index is -4.47. The van der Waals surface area contributed by atoms with Crippen molar-refractivity contribution in [2.75, 3.05) is 24.3 Å². The Morgan fingerprint density at radius 2 is 2.00 bits per heavy atom. The number of methoxy groups -OCH3 is 1. The fraction of sp³-hybridized carbons (Fsp3) is 0.417. The van der Waals surface area contributed by atoms with Crippen LogP contribution in [-0.2, 0) is 27.2 Å². The first-order chi connectivity index (χ1) is 15.8. The van der Waals surface area contributed by atoms with Crippen LogP contribution in [0, 0.1) is 5.92 Å². The molecule has 1 aliphatic carbocycles. The molecule has 5 rings (SSSR count). The van der Waals surface area contributed by atoms with Crippen molar-refractivity contribution in [2.24, 2.45) is 5.92 Å². The average molecular weight is 477 g/mol. The molecular formula is C24H23F3N2O3S. The molecule has 2 aromatic rings. The summed E-state index contributed by atoms with van der Waals surface area (Å²) in [5, 5.41) is 0. The molecule has 3 aliphatic rings. The maximum Gasteiger partial charge on any atom is 0.416 e. The SMILES string of the molecule is COc1ccc2c(c1)C1(SCCN1C(=O)C1CCC1)C(=O)N2Cc1cccc(C(F)(F)F)c1. The molecule has 2 fully saturated rings. The fourth-order valence-corrected chi connectivity index (χ4v) is 6.26. The van der Waals surface area contributed by atoms with Crippen molar-refractivity contribution in [3.05, 3.63) is 59.2 Å². The third-order valence-corrected chi connectivity index (χ3v) is 8.14. The number of fused-ring (bicyclic) bond motifs is 2. The number of carbonyl (C=O) groups excluding carboxylic acids is 2. The van der Waals surface area contributed by atoms with Crippen LogP contribution in [-0.4, -0.2) is 36.1 Å². The quantitative estimate of drug-likeness (QED) is 0.637. The highest BCUT2D eigenvalue weighted by Gasteiger charge is 2.60. The smallest absolute Gasteiger partial charge is 0.416 e. The lowest BCUT2D eigenvalue weighted by Gasteiger charge is -2.37. The van der Waals surface area contributed by atoms with Crippen LogP contribution in [0.5, 0.6) is 5.75 Å². The molecule has 0 bridgehead atoms. The van der Waals surface area contributed by atoms with E-state index in [1.54, 1.807) is 29.2 Å². The number of nitrogens with zero attached hydrogens (tertiary/aromatic N) is 2. The van der Waals surface area contributed by atoms with E-state index in [0.717, 1.165) is 31.4 Å². The number of alkyl halides is 3. The highest BCUT2D eigenvalue weighted by molar-refractivity contribution is 8.01. The van der Waals surface area contributed by atoms with Crippen molar-refractivity contribution in [1.29, 1.82) is 0 Å². The number of rotatable bonds is 4. The van der Waals surface area contributed by atoms with Gasteiger partial charge in [-0.25, -0.2) is 0 Å². The van der Waals surface area contributed by atoms with Crippen LogP contribution < -0.4 is 9.64 Å². The lowest BCUT2D eigenvalue weighted by molar-refractivity contribution is -0.145. The van der Waals surface area contributed by atoms with E-state index in [-0.39, 0.29) is 24.3 Å². The number of halogens is 3. The van der Waals surface area contributed by atoms with Crippen molar-refractivity contribution in [1.82, 2.24) is 4.90 Å². The van der Waals surface area contributed by atoms with Crippen LogP contribution in [0.15, 0.2) is 42.5 Å². The number of benzene rings is 2. The molecule has 0 N–H and O–H groups in total. The van der Waals surface area contributed by atoms with Gasteiger partial charge in [0.2, 0.25) is 5.91 Å². The van der Waals surface area contributed by atoms with Crippen LogP contribution in [0.2, 0.25) is 0 Å². The second-order valence-corrected chi connectivity index (χ2v) is 9.87. The Kier molecular flexibility index (Phi) is 5.34. The molecule has 33 heavy (non-hydrogen) atoms. The Hall–Kier alpha value is -2.68. The van der Waals surface area contributed by atoms with Crippen molar-refractivity contribution >= 4 is 29.3 Å². The molecular weight excluding hydrogens is 453 g/mol. The van der Waals surface area contributed by atoms with Crippen LogP contribution in [0.3, 0.4) is 0 Å². The van der Waals surface area contributed by atoms with Gasteiger partial charge in [0.15, 0.2) is 4.87 Å². The number of anilines is 1. The lowest BCUT2D eigenvalue weighted by atomic mass is 9.84. The summed E-state index contributed by atoms with van der Waals surface area (Å²) in [6.45, 7) is 0.440. The molecule has 1 unspecified atom stereocenters. The van der Waals surface area contributed by atoms with E-state index in [1.807, 2.05) is 0 Å². The summed E-state index contributed by atoms with van der Waals surface area (Å²) in [4.78, 5) is 29.3. The zero-order chi connectivity index (χ0) is 23.4. The van der Waals surface area contributed by atoms with Gasteiger partial charge >= 0.3 is 6.18 Å². The van der Waals surface area contributed by atoms with Gasteiger partial charge in [0, 0.05) is 23.8 Å². The minimum Gasteiger partial charge on any atom is -0.497 e. The van der Waals surface area contributed by atoms with Crippen LogP contribution in [0.1, 0.15) is 36.0 Å². The summed E-state index contributed by atoms with van der Waals surface area (Å²) in [7, 11) is 1.53. The van der Waals surface area contributed by atoms with Gasteiger partial charge in [-0.05, 0) is 48.7 Å². The Morgan fingerprint density at radius 3 is 2.67 bits per heavy atom. The van der Waals surface area contributed by atoms with E-state index in [2.05, 4.69) is 0 Å². The Labute approximate surface area is 193 Å². The summed E-state index contributed by atoms with van der Waals surface area (Å²) >= 11 is 1.41. The topological polar surface area (TPSA) is 49.9 Å². The summed E-state index contributed by atoms with van der Waals surface area (Å²) in [5.74, 6) is 0.788. The second-order valence-electron chi connectivity index (χ2n) is 8.58. The van der Waals surface area contributed by atoms with Crippen LogP contribution in [0.4, 0.5) is 18.9 Å². The fourth-order valence-electron chi connectivity index (χ4n) is 4.80. The van der Waals surface area contributed by atoms with Crippen molar-refractivity contribution in [2.45, 2.75) is 36.9 Å². The Balaban J connectivity index is 1.57. The van der Waals surface area contributed by atoms with Gasteiger partial charge in [0.1, 0.15) is 5.75 Å². The molecule has 2 aliphatic heterocycles. The molecule has 9 heteroatoms. The maximum atomic E-state index is 14.0. The number of carbonyl (C=O) groups is 2. The van der Waals surface area contributed by atoms with Gasteiger partial charge in [-0.2, -0.15) is 13.2 Å². The number of ether oxygens (including phenoxy) is 1. The highest BCUT2D eigenvalue weighted by atomic mass is 32.2. The first-order valence-corrected chi connectivity index (χ1v) is 11.9. The van der Waals surface area contributed by atoms with Gasteiger partial charge in [0.05, 0.1) is 24.9 Å². The third kappa shape index (κ3) is 3.48. The van der Waals surface area contributed by atoms with E-state index in [4.69, 9.17) is 4.74 Å². The van der Waals surface area contributed by atoms with Crippen LogP contribution >= 0.6 is 11.8 Å². The van der Waals surface area contributed by atoms with E-state index >= 15 is 0 Å². The highest BCUT2D eigenvalue weighted by Crippen LogP contribution is 2.56. The molecule has 1 atom stereocenters. The molecule has 5 nitrogen and oxygen atoms in total. The van der Waals surface area contributed by atoms with E-state index in [9.17, 15) is 22.8 Å². The predicted octanol–water partition coefficient (Wildman–Crippen LogP) is 4.79. The molecule has 1 spiro atoms. The maximum absolute atomic E-state index is 14.0. The molecule has 2 heterocycles. The number of thioether (sulfide) groups is 1. The summed E-state index contributed by atoms with van der Waals surface area (Å²) in [5.41, 5.74) is 0.873. The van der Waals surface area contributed by atoms with Crippen molar-refractivity contribution < 1.29 is 27.5 Å². The largest absolute Gasteiger partial charge is 0.497 e. The molecule has 0 radical (unpaired) electrons. The lowest BCUT2D eigenvalue weighted by Crippen LogP contribution is -2.52. The number of amides is 2. The second kappa shape index (κ2) is 7.97. The summed E-state index contributed by atoms with van der Waals surface area (Å²) in [6, 6.07) is 10.3. The summed E-state index contributed by atoms with van der Waals surface area (Å²) in [6.07, 6.45) is -1.82. The molecule has 174 valence electrons. The van der Waals surface area contributed by atoms with E-state index in [0.29, 0.717) is 34.9 Å². The average Bonchev–Trinajstić information content (AvgIpc) is 3.29. The Bertz CT molecular complexity index is 1120. The monoisotopic (exact) mass is 476 g/mol. The molecule has 2 amide bonds. The predicted molar refractivity (Wildman–Crippen MR) is 119 cm³/mol. The summed E-state index contributed by atoms with van der Waals surface area (Å²) < 4.78 is 45.1. The van der Waals surface area contributed by atoms with Crippen molar-refractivity contribution in [3.8, 4) is 5.75 Å². The van der Waals surface area contributed by atoms with E-state index < -0.39 is 16.6 Å². The molecule has 1 saturated heterocycles. The number of hydrogen-bond acceptors (Lipinski definition) is 4. The zero-order valence-electron chi connectivity index (χ0n) is 18.0. The standard InChI is InChI=1S/C24H23F3N2O3S/c1-32-18-8-9-20-19(13-18)23(29(10-11-33-23)21(30)16-5-3-6-16)22(31)28(20)14-15-4-2-7-17(12-15)24(25,26)27/h2,4,7-9,12-13,16H,3,5-6,10-11,14H2,1H3. The third-order valence-electron chi connectivity index (χ3n) is 6.72. The molecule has 1 saturated carbocycles. The van der Waals surface area contributed by atoms with Gasteiger partial charge in [0.25, 0.3) is 5.91 Å². The van der Waals surface area contributed by atoms with Gasteiger partial charge in [-0.15, -0.1) is 11.8 Å². The number of hydrogen-bond donors (Lipinski definition) is 0. The van der Waals surface area contributed by atoms with Crippen LogP contribution in [0.25, 0.3) is 0 Å². The van der Waals surface area contributed by atoms with E-state index in [1.165, 1.54) is 29.8 Å². The molecule has 2 aromatic carbocycles.